The minimum absolute atomic E-state index is 0.0921. The number of carbonyl (C=O) groups is 1. The van der Waals surface area contributed by atoms with E-state index in [0.29, 0.717) is 23.7 Å². The van der Waals surface area contributed by atoms with E-state index in [1.165, 1.54) is 32.1 Å². The molecule has 0 amide bonds. The van der Waals surface area contributed by atoms with Gasteiger partial charge in [-0.15, -0.1) is 0 Å². The van der Waals surface area contributed by atoms with Gasteiger partial charge in [0.15, 0.2) is 0 Å². The van der Waals surface area contributed by atoms with Crippen molar-refractivity contribution in [3.8, 4) is 0 Å². The Labute approximate surface area is 151 Å². The second-order valence-corrected chi connectivity index (χ2v) is 9.92. The summed E-state index contributed by atoms with van der Waals surface area (Å²) in [5, 5.41) is 20.5. The summed E-state index contributed by atoms with van der Waals surface area (Å²) in [6.07, 6.45) is 14.8. The van der Waals surface area contributed by atoms with Crippen LogP contribution in [0.25, 0.3) is 0 Å². The van der Waals surface area contributed by atoms with Gasteiger partial charge in [0.05, 0.1) is 5.60 Å². The summed E-state index contributed by atoms with van der Waals surface area (Å²) in [5.74, 6) is 2.09. The van der Waals surface area contributed by atoms with E-state index in [1.807, 2.05) is 0 Å². The van der Waals surface area contributed by atoms with Gasteiger partial charge in [-0.05, 0) is 92.3 Å². The molecule has 0 bridgehead atoms. The third-order valence-electron chi connectivity index (χ3n) is 9.20. The molecule has 0 saturated heterocycles. The molecule has 3 fully saturated rings. The zero-order valence-electron chi connectivity index (χ0n) is 15.8. The molecule has 0 aromatic rings. The van der Waals surface area contributed by atoms with Crippen molar-refractivity contribution in [1.29, 1.82) is 0 Å². The summed E-state index contributed by atoms with van der Waals surface area (Å²) in [7, 11) is 0. The summed E-state index contributed by atoms with van der Waals surface area (Å²) in [4.78, 5) is 11.1. The lowest BCUT2D eigenvalue weighted by molar-refractivity contribution is -0.150. The van der Waals surface area contributed by atoms with E-state index < -0.39 is 11.6 Å². The molecule has 0 heterocycles. The minimum Gasteiger partial charge on any atom is -0.481 e. The third kappa shape index (κ3) is 2.44. The number of fused-ring (bicyclic) bond motifs is 5. The predicted octanol–water partition coefficient (Wildman–Crippen LogP) is 4.79. The molecule has 0 spiro atoms. The fraction of sp³-hybridized carbons (Fsp3) is 0.864. The van der Waals surface area contributed by atoms with Crippen LogP contribution >= 0.6 is 0 Å². The van der Waals surface area contributed by atoms with Gasteiger partial charge in [-0.25, -0.2) is 0 Å². The van der Waals surface area contributed by atoms with Crippen LogP contribution in [0.2, 0.25) is 0 Å². The van der Waals surface area contributed by atoms with Crippen LogP contribution in [0.5, 0.6) is 0 Å². The normalized spacial score (nSPS) is 51.5. The Morgan fingerprint density at radius 2 is 1.84 bits per heavy atom. The van der Waals surface area contributed by atoms with E-state index in [0.717, 1.165) is 31.1 Å². The Morgan fingerprint density at radius 3 is 2.60 bits per heavy atom. The molecule has 4 aliphatic carbocycles. The van der Waals surface area contributed by atoms with Crippen molar-refractivity contribution in [1.82, 2.24) is 0 Å². The Balaban J connectivity index is 1.60. The van der Waals surface area contributed by atoms with Gasteiger partial charge < -0.3 is 10.2 Å². The lowest BCUT2D eigenvalue weighted by Crippen LogP contribution is -2.55. The second kappa shape index (κ2) is 5.84. The molecule has 2 N–H and O–H groups in total. The van der Waals surface area contributed by atoms with Crippen LogP contribution in [0.15, 0.2) is 12.2 Å². The van der Waals surface area contributed by atoms with Crippen molar-refractivity contribution in [2.75, 3.05) is 0 Å². The second-order valence-electron chi connectivity index (χ2n) is 9.92. The number of aliphatic hydroxyl groups is 1. The number of hydrogen-bond acceptors (Lipinski definition) is 2. The molecular formula is C22H34O3. The number of carboxylic acids is 1. The molecule has 3 nitrogen and oxygen atoms in total. The van der Waals surface area contributed by atoms with E-state index in [9.17, 15) is 9.90 Å². The van der Waals surface area contributed by atoms with Crippen molar-refractivity contribution in [3.63, 3.8) is 0 Å². The molecule has 0 aromatic carbocycles. The van der Waals surface area contributed by atoms with Crippen molar-refractivity contribution in [3.05, 3.63) is 12.2 Å². The maximum absolute atomic E-state index is 11.4. The summed E-state index contributed by atoms with van der Waals surface area (Å²) in [5.41, 5.74) is -0.517. The SMILES string of the molecule is C[C@]12C=CCCC1CC[C@@H]1[C@@H]2CC[C@@]2(C)[C@H]1CC[C@]2(O)CCC(=O)O. The minimum atomic E-state index is -0.783. The largest absolute Gasteiger partial charge is 0.481 e. The third-order valence-corrected chi connectivity index (χ3v) is 9.20. The molecule has 0 aromatic heterocycles. The molecular weight excluding hydrogens is 312 g/mol. The first kappa shape index (κ1) is 17.6. The lowest BCUT2D eigenvalue weighted by Gasteiger charge is -2.60. The van der Waals surface area contributed by atoms with Crippen LogP contribution in [0.4, 0.5) is 0 Å². The standard InChI is InChI=1S/C22H34O3/c1-20-11-4-3-5-15(20)6-7-16-17(20)8-12-21(2)18(16)9-13-22(21,25)14-10-19(23)24/h4,11,15-18,25H,3,5-10,12-14H2,1-2H3,(H,23,24)/t15?,16-,17+,18+,20+,21+,22+/m1/s1. The molecule has 3 saturated carbocycles. The van der Waals surface area contributed by atoms with Crippen LogP contribution in [0.3, 0.4) is 0 Å². The summed E-state index contributed by atoms with van der Waals surface area (Å²) in [6, 6.07) is 0. The smallest absolute Gasteiger partial charge is 0.303 e. The predicted molar refractivity (Wildman–Crippen MR) is 98.1 cm³/mol. The number of rotatable bonds is 3. The highest BCUT2D eigenvalue weighted by Crippen LogP contribution is 2.68. The number of hydrogen-bond donors (Lipinski definition) is 2. The van der Waals surface area contributed by atoms with Crippen molar-refractivity contribution >= 4 is 5.97 Å². The average Bonchev–Trinajstić information content (AvgIpc) is 2.84. The highest BCUT2D eigenvalue weighted by Gasteiger charge is 2.63. The maximum Gasteiger partial charge on any atom is 0.303 e. The maximum atomic E-state index is 11.4. The quantitative estimate of drug-likeness (QED) is 0.722. The lowest BCUT2D eigenvalue weighted by atomic mass is 9.45. The summed E-state index contributed by atoms with van der Waals surface area (Å²) < 4.78 is 0. The molecule has 3 heteroatoms. The molecule has 25 heavy (non-hydrogen) atoms. The Kier molecular flexibility index (Phi) is 4.10. The van der Waals surface area contributed by atoms with Crippen LogP contribution in [0, 0.1) is 34.5 Å². The highest BCUT2D eigenvalue weighted by molar-refractivity contribution is 5.66. The van der Waals surface area contributed by atoms with Crippen LogP contribution in [0.1, 0.15) is 78.1 Å². The molecule has 4 aliphatic rings. The number of carboxylic acid groups (broad SMARTS) is 1. The van der Waals surface area contributed by atoms with E-state index in [-0.39, 0.29) is 11.8 Å². The molecule has 0 aliphatic heterocycles. The van der Waals surface area contributed by atoms with Crippen molar-refractivity contribution < 1.29 is 15.0 Å². The Morgan fingerprint density at radius 1 is 1.08 bits per heavy atom. The van der Waals surface area contributed by atoms with Crippen LogP contribution in [-0.2, 0) is 4.79 Å². The fourth-order valence-corrected chi connectivity index (χ4v) is 7.65. The van der Waals surface area contributed by atoms with Gasteiger partial charge in [-0.3, -0.25) is 4.79 Å². The van der Waals surface area contributed by atoms with Crippen molar-refractivity contribution in [2.45, 2.75) is 83.7 Å². The molecule has 140 valence electrons. The average molecular weight is 347 g/mol. The first-order valence-corrected chi connectivity index (χ1v) is 10.4. The van der Waals surface area contributed by atoms with Gasteiger partial charge in [0.2, 0.25) is 0 Å². The van der Waals surface area contributed by atoms with Gasteiger partial charge in [0, 0.05) is 6.42 Å². The summed E-state index contributed by atoms with van der Waals surface area (Å²) >= 11 is 0. The topological polar surface area (TPSA) is 57.5 Å². The monoisotopic (exact) mass is 346 g/mol. The van der Waals surface area contributed by atoms with Crippen LogP contribution in [-0.4, -0.2) is 21.8 Å². The number of allylic oxidation sites excluding steroid dienone is 2. The van der Waals surface area contributed by atoms with Gasteiger partial charge in [0.25, 0.3) is 0 Å². The van der Waals surface area contributed by atoms with E-state index >= 15 is 0 Å². The zero-order valence-corrected chi connectivity index (χ0v) is 15.8. The van der Waals surface area contributed by atoms with Gasteiger partial charge in [0.1, 0.15) is 0 Å². The molecule has 1 unspecified atom stereocenters. The summed E-state index contributed by atoms with van der Waals surface area (Å²) in [6.45, 7) is 4.77. The van der Waals surface area contributed by atoms with Crippen LogP contribution < -0.4 is 0 Å². The highest BCUT2D eigenvalue weighted by atomic mass is 16.4. The first-order chi connectivity index (χ1) is 11.8. The molecule has 7 atom stereocenters. The first-order valence-electron chi connectivity index (χ1n) is 10.4. The van der Waals surface area contributed by atoms with Gasteiger partial charge >= 0.3 is 5.97 Å². The van der Waals surface area contributed by atoms with Gasteiger partial charge in [-0.2, -0.15) is 0 Å². The fourth-order valence-electron chi connectivity index (χ4n) is 7.65. The molecule has 4 rings (SSSR count). The van der Waals surface area contributed by atoms with Crippen molar-refractivity contribution in [2.24, 2.45) is 34.5 Å². The van der Waals surface area contributed by atoms with E-state index in [4.69, 9.17) is 5.11 Å². The number of aliphatic carboxylic acids is 1. The Hall–Kier alpha value is -0.830. The van der Waals surface area contributed by atoms with E-state index in [1.54, 1.807) is 0 Å². The van der Waals surface area contributed by atoms with E-state index in [2.05, 4.69) is 26.0 Å². The zero-order chi connectivity index (χ0) is 17.9. The Bertz CT molecular complexity index is 584. The molecule has 0 radical (unpaired) electrons. The van der Waals surface area contributed by atoms with Gasteiger partial charge in [-0.1, -0.05) is 26.0 Å².